The lowest BCUT2D eigenvalue weighted by atomic mass is 9.52. The van der Waals surface area contributed by atoms with Crippen LogP contribution in [0.5, 0.6) is 5.75 Å². The van der Waals surface area contributed by atoms with Crippen molar-refractivity contribution in [1.29, 1.82) is 0 Å². The maximum atomic E-state index is 14.0. The van der Waals surface area contributed by atoms with Crippen LogP contribution in [0.4, 0.5) is 5.69 Å². The standard InChI is InChI=1S/C30H42N4O7/c1-13(29(2,3)4)32-12-15-11-18(35)20-16(22(15)33(5)6)9-14-10-17-23(34(7)8)25(37)21(28(31)40)27(39)30(17,41)26(38)19(14)24(20)36/h11,13-14,17,19,21,23,32,35,41H,9-10,12H2,1-8H3,(H2,31,40)/t13-,14+,17+,19?,21?,23+,30+/m1/s1. The second-order valence-electron chi connectivity index (χ2n) is 13.4. The first-order valence-electron chi connectivity index (χ1n) is 14.0. The van der Waals surface area contributed by atoms with Gasteiger partial charge in [-0.2, -0.15) is 0 Å². The van der Waals surface area contributed by atoms with Crippen molar-refractivity contribution in [3.8, 4) is 5.75 Å². The van der Waals surface area contributed by atoms with E-state index in [1.165, 1.54) is 11.0 Å². The number of nitrogens with one attached hydrogen (secondary N) is 1. The summed E-state index contributed by atoms with van der Waals surface area (Å²) in [7, 11) is 6.81. The lowest BCUT2D eigenvalue weighted by Crippen LogP contribution is -2.74. The van der Waals surface area contributed by atoms with Gasteiger partial charge in [-0.25, -0.2) is 0 Å². The molecule has 3 aliphatic carbocycles. The van der Waals surface area contributed by atoms with Crippen LogP contribution in [0.3, 0.4) is 0 Å². The molecule has 0 radical (unpaired) electrons. The summed E-state index contributed by atoms with van der Waals surface area (Å²) in [6.07, 6.45) is 0.233. The highest BCUT2D eigenvalue weighted by atomic mass is 16.3. The number of likely N-dealkylation sites (N-methyl/N-ethyl adjacent to an activating group) is 1. The Labute approximate surface area is 240 Å². The van der Waals surface area contributed by atoms with Gasteiger partial charge in [-0.1, -0.05) is 20.8 Å². The lowest BCUT2D eigenvalue weighted by molar-refractivity contribution is -0.181. The maximum Gasteiger partial charge on any atom is 0.235 e. The summed E-state index contributed by atoms with van der Waals surface area (Å²) < 4.78 is 0. The summed E-state index contributed by atoms with van der Waals surface area (Å²) >= 11 is 0. The SMILES string of the molecule is C[C@@H](NCc1cc(O)c2c(c1N(C)C)C[C@H]1C[C@H]3[C@H](N(C)C)C(=O)C(C(N)=O)C(=O)[C@@]3(O)C(=O)C1C2=O)C(C)(C)C. The molecule has 0 saturated heterocycles. The van der Waals surface area contributed by atoms with Gasteiger partial charge in [0.25, 0.3) is 0 Å². The van der Waals surface area contributed by atoms with Crippen LogP contribution in [-0.2, 0) is 32.1 Å². The fourth-order valence-electron chi connectivity index (χ4n) is 6.99. The number of fused-ring (bicyclic) bond motifs is 3. The minimum Gasteiger partial charge on any atom is -0.507 e. The van der Waals surface area contributed by atoms with Gasteiger partial charge in [0, 0.05) is 38.3 Å². The number of benzene rings is 1. The molecule has 11 heteroatoms. The van der Waals surface area contributed by atoms with E-state index in [9.17, 15) is 34.2 Å². The molecule has 11 nitrogen and oxygen atoms in total. The molecule has 0 aromatic heterocycles. The Kier molecular flexibility index (Phi) is 7.73. The Morgan fingerprint density at radius 2 is 1.76 bits per heavy atom. The minimum atomic E-state index is -2.73. The van der Waals surface area contributed by atoms with Crippen LogP contribution in [0.15, 0.2) is 6.07 Å². The van der Waals surface area contributed by atoms with E-state index in [-0.39, 0.29) is 35.6 Å². The van der Waals surface area contributed by atoms with Crippen molar-refractivity contribution in [2.75, 3.05) is 33.1 Å². The summed E-state index contributed by atoms with van der Waals surface area (Å²) in [6, 6.07) is 0.534. The van der Waals surface area contributed by atoms with E-state index in [1.807, 2.05) is 19.0 Å². The molecule has 1 aromatic carbocycles. The number of aliphatic hydroxyl groups is 1. The van der Waals surface area contributed by atoms with E-state index in [4.69, 9.17) is 5.73 Å². The highest BCUT2D eigenvalue weighted by molar-refractivity contribution is 6.32. The Hall–Kier alpha value is -3.15. The number of hydrogen-bond donors (Lipinski definition) is 4. The molecule has 1 amide bonds. The number of amides is 1. The number of Topliss-reactive ketones (excluding diaryl/α,β-unsaturated/α-hetero) is 4. The molecule has 1 aromatic rings. The number of nitrogens with two attached hydrogens (primary N) is 1. The number of carbonyl (C=O) groups is 5. The van der Waals surface area contributed by atoms with Crippen LogP contribution in [0.2, 0.25) is 0 Å². The Balaban J connectivity index is 1.83. The number of hydrogen-bond acceptors (Lipinski definition) is 10. The molecule has 0 heterocycles. The molecular weight excluding hydrogens is 528 g/mol. The van der Waals surface area contributed by atoms with E-state index in [0.717, 1.165) is 11.3 Å². The average molecular weight is 571 g/mol. The van der Waals surface area contributed by atoms with Gasteiger partial charge in [0.15, 0.2) is 34.7 Å². The third kappa shape index (κ3) is 4.67. The van der Waals surface area contributed by atoms with Gasteiger partial charge in [0.2, 0.25) is 5.91 Å². The van der Waals surface area contributed by atoms with E-state index >= 15 is 0 Å². The number of carbonyl (C=O) groups excluding carboxylic acids is 5. The summed E-state index contributed by atoms with van der Waals surface area (Å²) in [4.78, 5) is 70.1. The number of anilines is 1. The van der Waals surface area contributed by atoms with Crippen molar-refractivity contribution in [1.82, 2.24) is 10.2 Å². The van der Waals surface area contributed by atoms with Gasteiger partial charge in [0.05, 0.1) is 17.5 Å². The van der Waals surface area contributed by atoms with Gasteiger partial charge in [-0.3, -0.25) is 28.9 Å². The first-order chi connectivity index (χ1) is 18.8. The minimum absolute atomic E-state index is 0.00656. The first kappa shape index (κ1) is 30.8. The highest BCUT2D eigenvalue weighted by Crippen LogP contribution is 2.52. The summed E-state index contributed by atoms with van der Waals surface area (Å²) in [6.45, 7) is 8.86. The smallest absolute Gasteiger partial charge is 0.235 e. The number of ketones is 4. The van der Waals surface area contributed by atoms with E-state index in [2.05, 4.69) is 33.0 Å². The molecule has 41 heavy (non-hydrogen) atoms. The number of primary amides is 1. The molecular formula is C30H42N4O7. The zero-order valence-electron chi connectivity index (χ0n) is 25.1. The zero-order valence-corrected chi connectivity index (χ0v) is 25.1. The van der Waals surface area contributed by atoms with Crippen LogP contribution in [0.25, 0.3) is 0 Å². The summed E-state index contributed by atoms with van der Waals surface area (Å²) in [5, 5.41) is 26.3. The molecule has 5 N–H and O–H groups in total. The van der Waals surface area contributed by atoms with Gasteiger partial charge >= 0.3 is 0 Å². The fraction of sp³-hybridized carbons (Fsp3) is 0.633. The van der Waals surface area contributed by atoms with Crippen LogP contribution in [0, 0.1) is 29.1 Å². The van der Waals surface area contributed by atoms with Crippen molar-refractivity contribution in [3.63, 3.8) is 0 Å². The normalized spacial score (nSPS) is 30.5. The van der Waals surface area contributed by atoms with Gasteiger partial charge in [-0.05, 0) is 62.4 Å². The van der Waals surface area contributed by atoms with Gasteiger partial charge < -0.3 is 26.2 Å². The maximum absolute atomic E-state index is 14.0. The van der Waals surface area contributed by atoms with Crippen molar-refractivity contribution in [2.45, 2.75) is 64.8 Å². The first-order valence-corrected chi connectivity index (χ1v) is 14.0. The molecule has 3 aliphatic rings. The van der Waals surface area contributed by atoms with Crippen LogP contribution < -0.4 is 16.0 Å². The third-order valence-corrected chi connectivity index (χ3v) is 9.46. The van der Waals surface area contributed by atoms with E-state index in [1.54, 1.807) is 14.1 Å². The van der Waals surface area contributed by atoms with Crippen molar-refractivity contribution in [3.05, 3.63) is 22.8 Å². The predicted octanol–water partition coefficient (Wildman–Crippen LogP) is 0.457. The number of nitrogens with zero attached hydrogens (tertiary/aromatic N) is 2. The van der Waals surface area contributed by atoms with Gasteiger partial charge in [0.1, 0.15) is 5.75 Å². The van der Waals surface area contributed by atoms with Crippen LogP contribution >= 0.6 is 0 Å². The lowest BCUT2D eigenvalue weighted by Gasteiger charge is -2.52. The monoisotopic (exact) mass is 570 g/mol. The topological polar surface area (TPSA) is 170 Å². The Morgan fingerprint density at radius 1 is 1.15 bits per heavy atom. The Morgan fingerprint density at radius 3 is 2.27 bits per heavy atom. The Bertz CT molecular complexity index is 1330. The second kappa shape index (κ2) is 10.3. The molecule has 0 aliphatic heterocycles. The van der Waals surface area contributed by atoms with Crippen LogP contribution in [-0.4, -0.2) is 90.0 Å². The number of aromatic hydroxyl groups is 1. The third-order valence-electron chi connectivity index (χ3n) is 9.46. The van der Waals surface area contributed by atoms with Crippen LogP contribution in [0.1, 0.15) is 55.6 Å². The second-order valence-corrected chi connectivity index (χ2v) is 13.4. The van der Waals surface area contributed by atoms with Crippen molar-refractivity contribution < 1.29 is 34.2 Å². The summed E-state index contributed by atoms with van der Waals surface area (Å²) in [5.41, 5.74) is 4.74. The zero-order chi connectivity index (χ0) is 30.9. The average Bonchev–Trinajstić information content (AvgIpc) is 2.83. The highest BCUT2D eigenvalue weighted by Gasteiger charge is 2.69. The van der Waals surface area contributed by atoms with E-state index < -0.39 is 64.4 Å². The molecule has 7 atom stereocenters. The summed E-state index contributed by atoms with van der Waals surface area (Å²) in [5.74, 6) is -10.5. The number of phenolic OH excluding ortho intramolecular Hbond substituents is 1. The molecule has 4 rings (SSSR count). The number of phenols is 1. The van der Waals surface area contributed by atoms with Gasteiger partial charge in [-0.15, -0.1) is 0 Å². The predicted molar refractivity (Wildman–Crippen MR) is 151 cm³/mol. The molecule has 224 valence electrons. The molecule has 2 fully saturated rings. The molecule has 2 unspecified atom stereocenters. The molecule has 0 bridgehead atoms. The number of rotatable bonds is 6. The quantitative estimate of drug-likeness (QED) is 0.352. The van der Waals surface area contributed by atoms with Crippen molar-refractivity contribution >= 4 is 34.7 Å². The molecule has 2 saturated carbocycles. The van der Waals surface area contributed by atoms with E-state index in [0.29, 0.717) is 12.1 Å². The largest absolute Gasteiger partial charge is 0.507 e. The molecule has 0 spiro atoms. The van der Waals surface area contributed by atoms with Crippen molar-refractivity contribution in [2.24, 2.45) is 34.8 Å². The fourth-order valence-corrected chi connectivity index (χ4v) is 6.99.